The van der Waals surface area contributed by atoms with E-state index in [1.165, 1.54) is 0 Å². The van der Waals surface area contributed by atoms with Gasteiger partial charge in [0.15, 0.2) is 0 Å². The van der Waals surface area contributed by atoms with E-state index in [4.69, 9.17) is 9.47 Å². The first kappa shape index (κ1) is 28.2. The van der Waals surface area contributed by atoms with Gasteiger partial charge in [-0.05, 0) is 73.6 Å². The van der Waals surface area contributed by atoms with Crippen LogP contribution < -0.4 is 15.4 Å². The van der Waals surface area contributed by atoms with Crippen LogP contribution in [0.1, 0.15) is 56.1 Å². The molecular weight excluding hydrogens is 561 g/mol. The van der Waals surface area contributed by atoms with Crippen LogP contribution in [0.3, 0.4) is 0 Å². The van der Waals surface area contributed by atoms with E-state index in [1.54, 1.807) is 25.3 Å². The van der Waals surface area contributed by atoms with Crippen LogP contribution in [-0.4, -0.2) is 42.2 Å². The summed E-state index contributed by atoms with van der Waals surface area (Å²) in [6, 6.07) is 15.2. The Labute approximate surface area is 239 Å². The third kappa shape index (κ3) is 6.41. The first-order valence-corrected chi connectivity index (χ1v) is 12.9. The maximum Gasteiger partial charge on any atom is 0.336 e. The number of esters is 1. The van der Waals surface area contributed by atoms with Crippen LogP contribution >= 0.6 is 0 Å². The molecule has 199 valence electrons. The van der Waals surface area contributed by atoms with E-state index >= 15 is 0 Å². The van der Waals surface area contributed by atoms with Crippen LogP contribution in [0.2, 0.25) is 0 Å². The maximum atomic E-state index is 13.5. The molecule has 2 saturated heterocycles. The van der Waals surface area contributed by atoms with Crippen molar-refractivity contribution < 1.29 is 46.5 Å². The number of ketones is 1. The summed E-state index contributed by atoms with van der Waals surface area (Å²) < 4.78 is 11.5. The van der Waals surface area contributed by atoms with E-state index < -0.39 is 0 Å². The summed E-state index contributed by atoms with van der Waals surface area (Å²) in [7, 11) is 1.63. The number of ether oxygens (including phenoxy) is 2. The molecule has 1 aliphatic carbocycles. The van der Waals surface area contributed by atoms with Gasteiger partial charge in [0.2, 0.25) is 0 Å². The zero-order valence-corrected chi connectivity index (χ0v) is 23.9. The predicted octanol–water partition coefficient (Wildman–Crippen LogP) is 4.07. The molecule has 5 rings (SSSR count). The Morgan fingerprint density at radius 3 is 2.68 bits per heavy atom. The molecule has 3 aliphatic rings. The largest absolute Gasteiger partial charge is 0.508 e. The standard InChI is InChI=1S/C30H33N2O5.Nb/c1-18(31-22-14-20(15-24(34)16-22)25-8-3-4-9-28(25)36-2)26(13-19-6-5-7-23(33)12-19)30(35)37-29-17-21-10-11-27(29)32-21;/h3-9,12,20-21,27,29,31-33H,10-11,13-15,17H2,1-2H3;/q-1;/b26-18+;. The van der Waals surface area contributed by atoms with Gasteiger partial charge in [-0.25, -0.2) is 4.79 Å². The predicted molar refractivity (Wildman–Crippen MR) is 139 cm³/mol. The minimum atomic E-state index is -0.378. The van der Waals surface area contributed by atoms with Crippen LogP contribution in [-0.2, 0) is 43.1 Å². The molecule has 2 aromatic rings. The van der Waals surface area contributed by atoms with Gasteiger partial charge in [0.05, 0.1) is 12.7 Å². The van der Waals surface area contributed by atoms with Gasteiger partial charge in [-0.15, -0.1) is 0 Å². The quantitative estimate of drug-likeness (QED) is 0.184. The number of hydrogen-bond donors (Lipinski definition) is 3. The van der Waals surface area contributed by atoms with Gasteiger partial charge in [-0.3, -0.25) is 0 Å². The number of methoxy groups -OCH3 is 1. The SMILES string of the molecule is COc1ccccc1C1CC(=O)[C-]=C(N/C(C)=C(\Cc2cccc(O)c2)C(=O)OC2CC3CCC2N3)C1.[Nb]. The summed E-state index contributed by atoms with van der Waals surface area (Å²) in [5.74, 6) is 0.365. The Morgan fingerprint density at radius 2 is 1.97 bits per heavy atom. The number of phenolic OH excluding ortho intramolecular Hbond substituents is 1. The van der Waals surface area contributed by atoms with E-state index in [0.717, 1.165) is 36.1 Å². The number of allylic oxidation sites excluding steroid dienone is 3. The molecule has 0 saturated carbocycles. The monoisotopic (exact) mass is 594 g/mol. The van der Waals surface area contributed by atoms with E-state index in [-0.39, 0.29) is 64.4 Å². The molecule has 2 aliphatic heterocycles. The molecule has 2 bridgehead atoms. The van der Waals surface area contributed by atoms with Gasteiger partial charge in [-0.1, -0.05) is 30.3 Å². The Hall–Kier alpha value is -2.84. The summed E-state index contributed by atoms with van der Waals surface area (Å²) in [5.41, 5.74) is 3.48. The molecule has 0 aromatic heterocycles. The number of fused-ring (bicyclic) bond motifs is 2. The van der Waals surface area contributed by atoms with Crippen molar-refractivity contribution in [3.63, 3.8) is 0 Å². The molecule has 0 amide bonds. The summed E-state index contributed by atoms with van der Waals surface area (Å²) in [6.45, 7) is 1.82. The summed E-state index contributed by atoms with van der Waals surface area (Å²) >= 11 is 0. The Bertz CT molecular complexity index is 1260. The van der Waals surface area contributed by atoms with Gasteiger partial charge in [0, 0.05) is 53.0 Å². The topological polar surface area (TPSA) is 96.9 Å². The molecule has 2 heterocycles. The fraction of sp³-hybridized carbons (Fsp3) is 0.400. The van der Waals surface area contributed by atoms with Gasteiger partial charge in [-0.2, -0.15) is 5.70 Å². The summed E-state index contributed by atoms with van der Waals surface area (Å²) in [6.07, 6.45) is 6.96. The van der Waals surface area contributed by atoms with Crippen molar-refractivity contribution in [1.82, 2.24) is 10.6 Å². The van der Waals surface area contributed by atoms with Crippen molar-refractivity contribution in [1.29, 1.82) is 0 Å². The van der Waals surface area contributed by atoms with E-state index in [2.05, 4.69) is 16.7 Å². The zero-order chi connectivity index (χ0) is 25.9. The summed E-state index contributed by atoms with van der Waals surface area (Å²) in [4.78, 5) is 26.1. The van der Waals surface area contributed by atoms with Gasteiger partial charge in [0.1, 0.15) is 17.6 Å². The van der Waals surface area contributed by atoms with Crippen molar-refractivity contribution in [3.8, 4) is 11.5 Å². The van der Waals surface area contributed by atoms with Crippen LogP contribution in [0.25, 0.3) is 0 Å². The normalized spacial score (nSPS) is 24.7. The molecule has 4 unspecified atom stereocenters. The van der Waals surface area contributed by atoms with Crippen molar-refractivity contribution in [2.75, 3.05) is 7.11 Å². The van der Waals surface area contributed by atoms with Gasteiger partial charge >= 0.3 is 5.97 Å². The number of carbonyl (C=O) groups is 2. The number of aromatic hydroxyl groups is 1. The maximum absolute atomic E-state index is 13.5. The van der Waals surface area contributed by atoms with Gasteiger partial charge < -0.3 is 36.1 Å². The number of Topliss-reactive ketones (excluding diaryl/α,β-unsaturated/α-hetero) is 1. The molecule has 2 aromatic carbocycles. The number of para-hydroxylation sites is 1. The number of phenols is 1. The molecule has 8 heteroatoms. The molecule has 4 atom stereocenters. The number of rotatable bonds is 8. The first-order valence-electron chi connectivity index (χ1n) is 12.9. The van der Waals surface area contributed by atoms with Crippen molar-refractivity contribution in [3.05, 3.63) is 82.7 Å². The second-order valence-electron chi connectivity index (χ2n) is 10.2. The fourth-order valence-corrected chi connectivity index (χ4v) is 5.76. The second-order valence-corrected chi connectivity index (χ2v) is 10.2. The molecule has 7 nitrogen and oxygen atoms in total. The second kappa shape index (κ2) is 12.3. The smallest absolute Gasteiger partial charge is 0.336 e. The zero-order valence-electron chi connectivity index (χ0n) is 21.7. The van der Waals surface area contributed by atoms with Crippen molar-refractivity contribution in [2.24, 2.45) is 0 Å². The van der Waals surface area contributed by atoms with Crippen LogP contribution in [0, 0.1) is 6.08 Å². The number of nitrogens with one attached hydrogen (secondary N) is 2. The fourth-order valence-electron chi connectivity index (χ4n) is 5.76. The average Bonchev–Trinajstić information content (AvgIpc) is 3.50. The Balaban J connectivity index is 0.00000336. The van der Waals surface area contributed by atoms with Gasteiger partial charge in [0.25, 0.3) is 0 Å². The minimum absolute atomic E-state index is 0. The van der Waals surface area contributed by atoms with Crippen LogP contribution in [0.5, 0.6) is 11.5 Å². The van der Waals surface area contributed by atoms with Crippen molar-refractivity contribution >= 4 is 11.8 Å². The number of benzene rings is 2. The third-order valence-electron chi connectivity index (χ3n) is 7.58. The molecule has 2 fully saturated rings. The van der Waals surface area contributed by atoms with E-state index in [1.807, 2.05) is 37.3 Å². The molecular formula is C30H33N2NbO5-. The third-order valence-corrected chi connectivity index (χ3v) is 7.58. The minimum Gasteiger partial charge on any atom is -0.508 e. The van der Waals surface area contributed by atoms with E-state index in [0.29, 0.717) is 35.9 Å². The Morgan fingerprint density at radius 1 is 1.16 bits per heavy atom. The Kier molecular flexibility index (Phi) is 9.15. The summed E-state index contributed by atoms with van der Waals surface area (Å²) in [5, 5.41) is 16.8. The molecule has 0 spiro atoms. The van der Waals surface area contributed by atoms with E-state index in [9.17, 15) is 14.7 Å². The average molecular weight is 595 g/mol. The number of carbonyl (C=O) groups excluding carboxylic acids is 2. The molecule has 1 radical (unpaired) electrons. The number of hydrogen-bond acceptors (Lipinski definition) is 7. The van der Waals surface area contributed by atoms with Crippen molar-refractivity contribution in [2.45, 2.75) is 69.6 Å². The molecule has 38 heavy (non-hydrogen) atoms. The van der Waals surface area contributed by atoms with Crippen LogP contribution in [0.4, 0.5) is 0 Å². The first-order chi connectivity index (χ1) is 17.9. The molecule has 3 N–H and O–H groups in total. The van der Waals surface area contributed by atoms with Crippen LogP contribution in [0.15, 0.2) is 65.5 Å².